The molecule has 7 nitrogen and oxygen atoms in total. The second-order valence-electron chi connectivity index (χ2n) is 7.12. The molecular formula is C21H23N5O2. The number of pyridine rings is 1. The van der Waals surface area contributed by atoms with E-state index >= 15 is 0 Å². The molecule has 0 bridgehead atoms. The summed E-state index contributed by atoms with van der Waals surface area (Å²) in [5, 5.41) is 19.2. The average Bonchev–Trinajstić information content (AvgIpc) is 2.98. The molecule has 3 aromatic rings. The van der Waals surface area contributed by atoms with Crippen LogP contribution in [0.25, 0.3) is 11.1 Å². The zero-order valence-corrected chi connectivity index (χ0v) is 15.7. The molecule has 7 heteroatoms. The Labute approximate surface area is 163 Å². The number of fused-ring (bicyclic) bond motifs is 1. The zero-order valence-electron chi connectivity index (χ0n) is 15.7. The lowest BCUT2D eigenvalue weighted by molar-refractivity contribution is 0.189. The van der Waals surface area contributed by atoms with E-state index in [0.29, 0.717) is 0 Å². The first-order valence-corrected chi connectivity index (χ1v) is 9.43. The summed E-state index contributed by atoms with van der Waals surface area (Å²) in [6, 6.07) is 10.2. The highest BCUT2D eigenvalue weighted by Crippen LogP contribution is 2.32. The predicted molar refractivity (Wildman–Crippen MR) is 108 cm³/mol. The summed E-state index contributed by atoms with van der Waals surface area (Å²) in [6.07, 6.45) is 8.36. The molecule has 0 saturated heterocycles. The van der Waals surface area contributed by atoms with E-state index in [1.807, 2.05) is 25.4 Å². The van der Waals surface area contributed by atoms with Gasteiger partial charge in [-0.15, -0.1) is 0 Å². The van der Waals surface area contributed by atoms with E-state index in [9.17, 15) is 4.79 Å². The van der Waals surface area contributed by atoms with E-state index in [-0.39, 0.29) is 6.04 Å². The molecule has 0 fully saturated rings. The maximum absolute atomic E-state index is 11.1. The Hall–Kier alpha value is -3.35. The Balaban J connectivity index is 1.62. The molecule has 0 saturated carbocycles. The van der Waals surface area contributed by atoms with Gasteiger partial charge in [-0.3, -0.25) is 4.68 Å². The van der Waals surface area contributed by atoms with Gasteiger partial charge in [0.15, 0.2) is 0 Å². The summed E-state index contributed by atoms with van der Waals surface area (Å²) in [7, 11) is 1.87. The van der Waals surface area contributed by atoms with Crippen LogP contribution in [0.1, 0.15) is 36.4 Å². The fraction of sp³-hybridized carbons (Fsp3) is 0.286. The van der Waals surface area contributed by atoms with Crippen molar-refractivity contribution in [2.24, 2.45) is 7.05 Å². The predicted octanol–water partition coefficient (Wildman–Crippen LogP) is 4.26. The third kappa shape index (κ3) is 3.98. The number of carboxylic acid groups (broad SMARTS) is 1. The number of aromatic nitrogens is 3. The van der Waals surface area contributed by atoms with Crippen LogP contribution in [0.4, 0.5) is 16.3 Å². The van der Waals surface area contributed by atoms with Crippen molar-refractivity contribution in [3.05, 3.63) is 60.0 Å². The van der Waals surface area contributed by atoms with Gasteiger partial charge in [-0.05, 0) is 53.6 Å². The molecule has 0 spiro atoms. The standard InChI is InChI=1S/C21H23N5O2/c1-26-13-17(12-23-26)24-20-11-15(8-9-22-20)14-6-7-18-16(10-14)4-2-3-5-19(18)25-21(27)28/h6-13,19,25H,2-5H2,1H3,(H,22,24)(H,27,28)/t19-/m1/s1. The van der Waals surface area contributed by atoms with Gasteiger partial charge in [-0.2, -0.15) is 5.10 Å². The zero-order chi connectivity index (χ0) is 19.5. The Bertz CT molecular complexity index is 998. The van der Waals surface area contributed by atoms with E-state index in [2.05, 4.69) is 38.9 Å². The highest BCUT2D eigenvalue weighted by Gasteiger charge is 2.20. The number of nitrogens with one attached hydrogen (secondary N) is 2. The Morgan fingerprint density at radius 2 is 2.07 bits per heavy atom. The average molecular weight is 377 g/mol. The normalized spacial score (nSPS) is 16.1. The largest absolute Gasteiger partial charge is 0.465 e. The minimum Gasteiger partial charge on any atom is -0.465 e. The molecule has 2 heterocycles. The number of carbonyl (C=O) groups is 1. The van der Waals surface area contributed by atoms with Gasteiger partial charge >= 0.3 is 6.09 Å². The van der Waals surface area contributed by atoms with Crippen molar-refractivity contribution in [2.75, 3.05) is 5.32 Å². The third-order valence-electron chi connectivity index (χ3n) is 5.08. The number of aryl methyl sites for hydroxylation is 2. The van der Waals surface area contributed by atoms with E-state index in [1.165, 1.54) is 5.56 Å². The first-order chi connectivity index (χ1) is 13.6. The van der Waals surface area contributed by atoms with Crippen molar-refractivity contribution in [2.45, 2.75) is 31.7 Å². The number of anilines is 2. The third-order valence-corrected chi connectivity index (χ3v) is 5.08. The smallest absolute Gasteiger partial charge is 0.405 e. The monoisotopic (exact) mass is 377 g/mol. The molecule has 1 aromatic carbocycles. The summed E-state index contributed by atoms with van der Waals surface area (Å²) < 4.78 is 1.74. The SMILES string of the molecule is Cn1cc(Nc2cc(-c3ccc4c(c3)CCCC[C@H]4NC(=O)O)ccn2)cn1. The summed E-state index contributed by atoms with van der Waals surface area (Å²) in [5.41, 5.74) is 5.36. The Morgan fingerprint density at radius 1 is 1.21 bits per heavy atom. The van der Waals surface area contributed by atoms with Crippen molar-refractivity contribution < 1.29 is 9.90 Å². The lowest BCUT2D eigenvalue weighted by atomic mass is 9.94. The van der Waals surface area contributed by atoms with E-state index in [1.54, 1.807) is 17.1 Å². The highest BCUT2D eigenvalue weighted by atomic mass is 16.4. The maximum atomic E-state index is 11.1. The molecule has 28 heavy (non-hydrogen) atoms. The highest BCUT2D eigenvalue weighted by molar-refractivity contribution is 5.70. The first-order valence-electron chi connectivity index (χ1n) is 9.43. The van der Waals surface area contributed by atoms with Gasteiger partial charge in [-0.1, -0.05) is 24.6 Å². The van der Waals surface area contributed by atoms with Crippen LogP contribution < -0.4 is 10.6 Å². The van der Waals surface area contributed by atoms with Crippen molar-refractivity contribution in [3.8, 4) is 11.1 Å². The minimum absolute atomic E-state index is 0.135. The van der Waals surface area contributed by atoms with Crippen molar-refractivity contribution in [3.63, 3.8) is 0 Å². The van der Waals surface area contributed by atoms with Gasteiger partial charge in [0, 0.05) is 19.4 Å². The maximum Gasteiger partial charge on any atom is 0.405 e. The lowest BCUT2D eigenvalue weighted by Crippen LogP contribution is -2.26. The lowest BCUT2D eigenvalue weighted by Gasteiger charge is -2.18. The Kier molecular flexibility index (Phi) is 4.97. The molecule has 1 amide bonds. The second-order valence-corrected chi connectivity index (χ2v) is 7.12. The van der Waals surface area contributed by atoms with Gasteiger partial charge in [0.2, 0.25) is 0 Å². The van der Waals surface area contributed by atoms with Crippen LogP contribution in [0.15, 0.2) is 48.9 Å². The summed E-state index contributed by atoms with van der Waals surface area (Å²) in [5.74, 6) is 0.755. The van der Waals surface area contributed by atoms with Crippen molar-refractivity contribution in [1.29, 1.82) is 0 Å². The van der Waals surface area contributed by atoms with Crippen LogP contribution >= 0.6 is 0 Å². The van der Waals surface area contributed by atoms with Crippen LogP contribution in [0.3, 0.4) is 0 Å². The van der Waals surface area contributed by atoms with Crippen LogP contribution in [-0.4, -0.2) is 26.0 Å². The number of benzene rings is 1. The number of rotatable bonds is 4. The van der Waals surface area contributed by atoms with Gasteiger partial charge < -0.3 is 15.7 Å². The summed E-state index contributed by atoms with van der Waals surface area (Å²) >= 11 is 0. The molecule has 0 unspecified atom stereocenters. The molecule has 144 valence electrons. The molecule has 2 aromatic heterocycles. The number of hydrogen-bond acceptors (Lipinski definition) is 4. The molecule has 0 aliphatic heterocycles. The van der Waals surface area contributed by atoms with E-state index in [0.717, 1.165) is 53.9 Å². The fourth-order valence-corrected chi connectivity index (χ4v) is 3.77. The van der Waals surface area contributed by atoms with E-state index in [4.69, 9.17) is 5.11 Å². The molecule has 4 rings (SSSR count). The van der Waals surface area contributed by atoms with Crippen molar-refractivity contribution >= 4 is 17.6 Å². The number of hydrogen-bond donors (Lipinski definition) is 3. The summed E-state index contributed by atoms with van der Waals surface area (Å²) in [4.78, 5) is 15.5. The fourth-order valence-electron chi connectivity index (χ4n) is 3.77. The Morgan fingerprint density at radius 3 is 2.86 bits per heavy atom. The molecule has 1 atom stereocenters. The molecule has 0 radical (unpaired) electrons. The topological polar surface area (TPSA) is 92.1 Å². The van der Waals surface area contributed by atoms with Gasteiger partial charge in [0.1, 0.15) is 5.82 Å². The van der Waals surface area contributed by atoms with Gasteiger partial charge in [0.05, 0.1) is 17.9 Å². The number of nitrogens with zero attached hydrogens (tertiary/aromatic N) is 3. The quantitative estimate of drug-likeness (QED) is 0.591. The first kappa shape index (κ1) is 18.0. The number of amides is 1. The minimum atomic E-state index is -0.970. The molecule has 1 aliphatic rings. The molecule has 3 N–H and O–H groups in total. The van der Waals surface area contributed by atoms with Gasteiger partial charge in [0.25, 0.3) is 0 Å². The molecular weight excluding hydrogens is 354 g/mol. The van der Waals surface area contributed by atoms with Crippen LogP contribution in [0.5, 0.6) is 0 Å². The van der Waals surface area contributed by atoms with Crippen LogP contribution in [-0.2, 0) is 13.5 Å². The second kappa shape index (κ2) is 7.72. The van der Waals surface area contributed by atoms with Crippen LogP contribution in [0.2, 0.25) is 0 Å². The summed E-state index contributed by atoms with van der Waals surface area (Å²) in [6.45, 7) is 0. The van der Waals surface area contributed by atoms with Crippen LogP contribution in [0, 0.1) is 0 Å². The molecule has 1 aliphatic carbocycles. The van der Waals surface area contributed by atoms with Crippen molar-refractivity contribution in [1.82, 2.24) is 20.1 Å². The van der Waals surface area contributed by atoms with E-state index < -0.39 is 6.09 Å². The van der Waals surface area contributed by atoms with Gasteiger partial charge in [-0.25, -0.2) is 9.78 Å².